The van der Waals surface area contributed by atoms with Crippen molar-refractivity contribution in [2.24, 2.45) is 0 Å². The van der Waals surface area contributed by atoms with Gasteiger partial charge in [0.15, 0.2) is 5.76 Å². The van der Waals surface area contributed by atoms with Crippen molar-refractivity contribution in [2.45, 2.75) is 26.2 Å². The van der Waals surface area contributed by atoms with E-state index in [1.807, 2.05) is 54.1 Å². The van der Waals surface area contributed by atoms with E-state index in [1.165, 1.54) is 25.9 Å². The van der Waals surface area contributed by atoms with E-state index < -0.39 is 0 Å². The normalized spacial score (nSPS) is 14.8. The van der Waals surface area contributed by atoms with Crippen LogP contribution in [-0.4, -0.2) is 40.9 Å². The highest BCUT2D eigenvalue weighted by Gasteiger charge is 2.12. The zero-order chi connectivity index (χ0) is 17.8. The van der Waals surface area contributed by atoms with E-state index in [9.17, 15) is 0 Å². The summed E-state index contributed by atoms with van der Waals surface area (Å²) in [5.74, 6) is 1.71. The molecule has 136 valence electrons. The molecule has 1 aliphatic rings. The maximum Gasteiger partial charge on any atom is 0.152 e. The Hall–Kier alpha value is -2.53. The lowest BCUT2D eigenvalue weighted by Gasteiger charge is -2.14. The van der Waals surface area contributed by atoms with Crippen molar-refractivity contribution in [1.82, 2.24) is 14.7 Å². The molecule has 0 atom stereocenters. The van der Waals surface area contributed by atoms with E-state index in [4.69, 9.17) is 9.15 Å². The van der Waals surface area contributed by atoms with E-state index in [0.717, 1.165) is 48.2 Å². The zero-order valence-corrected chi connectivity index (χ0v) is 15.2. The van der Waals surface area contributed by atoms with Crippen molar-refractivity contribution < 1.29 is 9.15 Å². The average Bonchev–Trinajstić information content (AvgIpc) is 3.40. The molecule has 2 aromatic heterocycles. The van der Waals surface area contributed by atoms with Crippen LogP contribution in [0.15, 0.2) is 53.1 Å². The van der Waals surface area contributed by atoms with Gasteiger partial charge in [0.25, 0.3) is 0 Å². The third kappa shape index (κ3) is 3.83. The minimum atomic E-state index is 0.758. The molecule has 3 heterocycles. The molecule has 0 aliphatic carbocycles. The van der Waals surface area contributed by atoms with Gasteiger partial charge in [0, 0.05) is 6.54 Å². The second-order valence-electron chi connectivity index (χ2n) is 6.80. The zero-order valence-electron chi connectivity index (χ0n) is 15.2. The molecule has 0 radical (unpaired) electrons. The monoisotopic (exact) mass is 351 g/mol. The van der Waals surface area contributed by atoms with Gasteiger partial charge in [0.05, 0.1) is 24.3 Å². The fraction of sp³-hybridized carbons (Fsp3) is 0.381. The van der Waals surface area contributed by atoms with Crippen LogP contribution in [0.4, 0.5) is 0 Å². The van der Waals surface area contributed by atoms with Crippen LogP contribution in [0.3, 0.4) is 0 Å². The molecular formula is C21H25N3O2. The van der Waals surface area contributed by atoms with Crippen LogP contribution in [0, 0.1) is 6.92 Å². The fourth-order valence-electron chi connectivity index (χ4n) is 3.46. The first-order valence-corrected chi connectivity index (χ1v) is 9.36. The van der Waals surface area contributed by atoms with Gasteiger partial charge in [-0.2, -0.15) is 5.10 Å². The van der Waals surface area contributed by atoms with Gasteiger partial charge in [-0.1, -0.05) is 0 Å². The van der Waals surface area contributed by atoms with Crippen LogP contribution in [0.1, 0.15) is 25.0 Å². The van der Waals surface area contributed by atoms with Gasteiger partial charge in [-0.25, -0.2) is 4.68 Å². The van der Waals surface area contributed by atoms with Gasteiger partial charge in [-0.05, 0) is 81.7 Å². The largest absolute Gasteiger partial charge is 0.494 e. The van der Waals surface area contributed by atoms with Crippen molar-refractivity contribution in [3.63, 3.8) is 0 Å². The van der Waals surface area contributed by atoms with E-state index >= 15 is 0 Å². The molecule has 3 aromatic rings. The minimum Gasteiger partial charge on any atom is -0.494 e. The number of aryl methyl sites for hydroxylation is 1. The number of hydrogen-bond donors (Lipinski definition) is 0. The maximum absolute atomic E-state index is 5.89. The Bertz CT molecular complexity index is 816. The second kappa shape index (κ2) is 7.79. The first kappa shape index (κ1) is 16.9. The van der Waals surface area contributed by atoms with Crippen molar-refractivity contribution in [1.29, 1.82) is 0 Å². The molecule has 4 rings (SSSR count). The summed E-state index contributed by atoms with van der Waals surface area (Å²) in [6.45, 7) is 6.37. The highest BCUT2D eigenvalue weighted by molar-refractivity contribution is 5.57. The predicted octanol–water partition coefficient (Wildman–Crippen LogP) is 4.31. The number of benzene rings is 1. The number of hydrogen-bond acceptors (Lipinski definition) is 4. The van der Waals surface area contributed by atoms with Gasteiger partial charge in [-0.15, -0.1) is 0 Å². The van der Waals surface area contributed by atoms with Crippen LogP contribution in [0.25, 0.3) is 17.1 Å². The topological polar surface area (TPSA) is 43.4 Å². The summed E-state index contributed by atoms with van der Waals surface area (Å²) in [5, 5.41) is 4.60. The lowest BCUT2D eigenvalue weighted by atomic mass is 10.2. The van der Waals surface area contributed by atoms with Crippen LogP contribution in [0.5, 0.6) is 5.75 Å². The minimum absolute atomic E-state index is 0.758. The standard InChI is InChI=1S/C21H25N3O2/c1-17-16-20(21-6-4-14-26-21)24(22-17)18-7-9-19(10-8-18)25-15-5-13-23-11-2-3-12-23/h4,6-10,14,16H,2-3,5,11-13,15H2,1H3. The Balaban J connectivity index is 1.39. The average molecular weight is 351 g/mol. The molecule has 0 spiro atoms. The van der Waals surface area contributed by atoms with E-state index in [1.54, 1.807) is 6.26 Å². The van der Waals surface area contributed by atoms with E-state index in [-0.39, 0.29) is 0 Å². The molecule has 1 saturated heterocycles. The van der Waals surface area contributed by atoms with Crippen molar-refractivity contribution in [3.8, 4) is 22.9 Å². The molecule has 1 fully saturated rings. The third-order valence-corrected chi connectivity index (χ3v) is 4.77. The van der Waals surface area contributed by atoms with E-state index in [2.05, 4.69) is 10.00 Å². The summed E-state index contributed by atoms with van der Waals surface area (Å²) < 4.78 is 13.3. The number of likely N-dealkylation sites (tertiary alicyclic amines) is 1. The van der Waals surface area contributed by atoms with Crippen LogP contribution in [-0.2, 0) is 0 Å². The molecule has 5 nitrogen and oxygen atoms in total. The Morgan fingerprint density at radius 3 is 2.65 bits per heavy atom. The molecule has 0 N–H and O–H groups in total. The number of furan rings is 1. The molecule has 1 aliphatic heterocycles. The Labute approximate surface area is 154 Å². The lowest BCUT2D eigenvalue weighted by molar-refractivity contribution is 0.263. The summed E-state index contributed by atoms with van der Waals surface area (Å²) in [7, 11) is 0. The predicted molar refractivity (Wildman–Crippen MR) is 102 cm³/mol. The second-order valence-corrected chi connectivity index (χ2v) is 6.80. The van der Waals surface area contributed by atoms with Crippen LogP contribution in [0.2, 0.25) is 0 Å². The molecule has 26 heavy (non-hydrogen) atoms. The summed E-state index contributed by atoms with van der Waals surface area (Å²) in [4.78, 5) is 2.52. The van der Waals surface area contributed by atoms with Crippen molar-refractivity contribution in [2.75, 3.05) is 26.2 Å². The Morgan fingerprint density at radius 1 is 1.12 bits per heavy atom. The molecule has 0 unspecified atom stereocenters. The van der Waals surface area contributed by atoms with Gasteiger partial charge in [0.1, 0.15) is 11.4 Å². The van der Waals surface area contributed by atoms with Gasteiger partial charge >= 0.3 is 0 Å². The molecule has 5 heteroatoms. The third-order valence-electron chi connectivity index (χ3n) is 4.77. The number of ether oxygens (including phenoxy) is 1. The Kier molecular flexibility index (Phi) is 5.07. The summed E-state index contributed by atoms with van der Waals surface area (Å²) in [5.41, 5.74) is 2.90. The molecule has 0 amide bonds. The van der Waals surface area contributed by atoms with Crippen LogP contribution < -0.4 is 4.74 Å². The van der Waals surface area contributed by atoms with Gasteiger partial charge in [0.2, 0.25) is 0 Å². The number of rotatable bonds is 7. The summed E-state index contributed by atoms with van der Waals surface area (Å²) >= 11 is 0. The van der Waals surface area contributed by atoms with E-state index in [0.29, 0.717) is 0 Å². The van der Waals surface area contributed by atoms with Crippen molar-refractivity contribution >= 4 is 0 Å². The maximum atomic E-state index is 5.89. The first-order valence-electron chi connectivity index (χ1n) is 9.36. The smallest absolute Gasteiger partial charge is 0.152 e. The number of aromatic nitrogens is 2. The first-order chi connectivity index (χ1) is 12.8. The highest BCUT2D eigenvalue weighted by atomic mass is 16.5. The Morgan fingerprint density at radius 2 is 1.92 bits per heavy atom. The van der Waals surface area contributed by atoms with Crippen molar-refractivity contribution in [3.05, 3.63) is 54.4 Å². The molecule has 1 aromatic carbocycles. The fourth-order valence-corrected chi connectivity index (χ4v) is 3.46. The molecule has 0 bridgehead atoms. The van der Waals surface area contributed by atoms with Crippen LogP contribution >= 0.6 is 0 Å². The van der Waals surface area contributed by atoms with Gasteiger partial charge < -0.3 is 14.1 Å². The molecular weight excluding hydrogens is 326 g/mol. The SMILES string of the molecule is Cc1cc(-c2ccco2)n(-c2ccc(OCCCN3CCCC3)cc2)n1. The van der Waals surface area contributed by atoms with Gasteiger partial charge in [-0.3, -0.25) is 0 Å². The summed E-state index contributed by atoms with van der Waals surface area (Å²) in [6.07, 6.45) is 5.44. The summed E-state index contributed by atoms with van der Waals surface area (Å²) in [6, 6.07) is 14.0. The lowest BCUT2D eigenvalue weighted by Crippen LogP contribution is -2.21. The molecule has 0 saturated carbocycles. The highest BCUT2D eigenvalue weighted by Crippen LogP contribution is 2.25. The quantitative estimate of drug-likeness (QED) is 0.595. The number of nitrogens with zero attached hydrogens (tertiary/aromatic N) is 3.